The summed E-state index contributed by atoms with van der Waals surface area (Å²) in [6.45, 7) is 0. The Morgan fingerprint density at radius 1 is 0.588 bits per heavy atom. The molecule has 5 aromatic rings. The molecule has 4 bridgehead atoms. The maximum Gasteiger partial charge on any atom is 0.0783 e. The van der Waals surface area contributed by atoms with Crippen molar-refractivity contribution < 1.29 is 0 Å². The van der Waals surface area contributed by atoms with Crippen LogP contribution in [0.1, 0.15) is 48.6 Å². The van der Waals surface area contributed by atoms with Crippen LogP contribution < -0.4 is 0 Å². The van der Waals surface area contributed by atoms with Gasteiger partial charge in [0.25, 0.3) is 0 Å². The van der Waals surface area contributed by atoms with E-state index in [4.69, 9.17) is 4.98 Å². The quantitative estimate of drug-likeness (QED) is 0.252. The number of benzene rings is 4. The number of hydrogen-bond donors (Lipinski definition) is 0. The zero-order chi connectivity index (χ0) is 22.2. The molecule has 34 heavy (non-hydrogen) atoms. The second-order valence-corrected chi connectivity index (χ2v) is 10.7. The van der Waals surface area contributed by atoms with Crippen LogP contribution in [0.25, 0.3) is 43.9 Å². The van der Waals surface area contributed by atoms with Crippen LogP contribution in [-0.4, -0.2) is 4.98 Å². The molecule has 0 radical (unpaired) electrons. The highest BCUT2D eigenvalue weighted by Gasteiger charge is 2.49. The molecule has 5 aliphatic carbocycles. The van der Waals surface area contributed by atoms with Gasteiger partial charge in [-0.2, -0.15) is 0 Å². The van der Waals surface area contributed by atoms with Crippen molar-refractivity contribution in [2.24, 2.45) is 11.8 Å². The van der Waals surface area contributed by atoms with Crippen LogP contribution in [0, 0.1) is 11.8 Å². The van der Waals surface area contributed by atoms with Gasteiger partial charge in [0.1, 0.15) is 0 Å². The molecule has 3 fully saturated rings. The van der Waals surface area contributed by atoms with E-state index in [0.717, 1.165) is 23.7 Å². The molecule has 1 heterocycles. The first-order valence-corrected chi connectivity index (χ1v) is 12.9. The minimum absolute atomic E-state index is 0.757. The third-order valence-corrected chi connectivity index (χ3v) is 9.18. The first-order valence-electron chi connectivity index (χ1n) is 12.9. The molecule has 164 valence electrons. The molecule has 0 saturated heterocycles. The smallest absolute Gasteiger partial charge is 0.0783 e. The Hall–Kier alpha value is -3.45. The van der Waals surface area contributed by atoms with Crippen molar-refractivity contribution in [3.05, 3.63) is 102 Å². The average Bonchev–Trinajstić information content (AvgIpc) is 2.93. The number of nitrogens with zero attached hydrogens (tertiary/aromatic N) is 1. The maximum atomic E-state index is 5.12. The van der Waals surface area contributed by atoms with Gasteiger partial charge in [0.15, 0.2) is 0 Å². The van der Waals surface area contributed by atoms with Gasteiger partial charge in [-0.05, 0) is 94.2 Å². The zero-order valence-corrected chi connectivity index (χ0v) is 19.2. The Bertz CT molecular complexity index is 1580. The molecule has 0 spiro atoms. The second kappa shape index (κ2) is 7.03. The fourth-order valence-electron chi connectivity index (χ4n) is 7.68. The number of rotatable bonds is 2. The Morgan fingerprint density at radius 2 is 1.32 bits per heavy atom. The lowest BCUT2D eigenvalue weighted by Crippen LogP contribution is -2.40. The Kier molecular flexibility index (Phi) is 3.91. The van der Waals surface area contributed by atoms with E-state index >= 15 is 0 Å². The highest BCUT2D eigenvalue weighted by molar-refractivity contribution is 6.11. The van der Waals surface area contributed by atoms with Gasteiger partial charge in [0.2, 0.25) is 0 Å². The van der Waals surface area contributed by atoms with E-state index in [1.807, 2.05) is 0 Å². The predicted molar refractivity (Wildman–Crippen MR) is 141 cm³/mol. The van der Waals surface area contributed by atoms with Gasteiger partial charge in [-0.15, -0.1) is 0 Å². The van der Waals surface area contributed by atoms with Gasteiger partial charge in [0, 0.05) is 17.0 Å². The van der Waals surface area contributed by atoms with Crippen LogP contribution >= 0.6 is 0 Å². The van der Waals surface area contributed by atoms with Gasteiger partial charge < -0.3 is 0 Å². The van der Waals surface area contributed by atoms with Crippen molar-refractivity contribution in [1.82, 2.24) is 4.98 Å². The van der Waals surface area contributed by atoms with Crippen LogP contribution in [-0.2, 0) is 0 Å². The van der Waals surface area contributed by atoms with Gasteiger partial charge in [-0.3, -0.25) is 4.98 Å². The maximum absolute atomic E-state index is 5.12. The molecule has 4 atom stereocenters. The van der Waals surface area contributed by atoms with E-state index in [9.17, 15) is 0 Å². The van der Waals surface area contributed by atoms with Crippen molar-refractivity contribution >= 4 is 21.7 Å². The van der Waals surface area contributed by atoms with Crippen LogP contribution in [0.4, 0.5) is 0 Å². The first-order chi connectivity index (χ1) is 16.8. The van der Waals surface area contributed by atoms with Gasteiger partial charge in [0.05, 0.1) is 5.52 Å². The van der Waals surface area contributed by atoms with Crippen LogP contribution in [0.15, 0.2) is 91.1 Å². The van der Waals surface area contributed by atoms with E-state index in [-0.39, 0.29) is 0 Å². The van der Waals surface area contributed by atoms with E-state index < -0.39 is 0 Å². The standard InChI is InChI=1S/C33H27N/c1-2-6-20(7-3-1)21-8-4-9-22(16-21)25-10-5-11-27-26(25)14-15-28-32-30-18-23-12-13-24(30)17-29(23)31(32)19-34-33(27)28/h1-11,14-16,19,23-24,29-30H,12-13,17-18H2. The summed E-state index contributed by atoms with van der Waals surface area (Å²) >= 11 is 0. The van der Waals surface area contributed by atoms with E-state index in [1.165, 1.54) is 69.6 Å². The first kappa shape index (κ1) is 18.9. The lowest BCUT2D eigenvalue weighted by Gasteiger charge is -2.53. The number of fused-ring (bicyclic) bond motifs is 4. The molecule has 0 aliphatic heterocycles. The summed E-state index contributed by atoms with van der Waals surface area (Å²) in [5, 5.41) is 4.00. The highest BCUT2D eigenvalue weighted by Crippen LogP contribution is 2.62. The molecule has 4 unspecified atom stereocenters. The SMILES string of the molecule is c1ccc(-c2cccc(-c3cccc4c3ccc3c5c(cnc34)C3CC4CCC3CC54)c2)cc1. The van der Waals surface area contributed by atoms with Gasteiger partial charge >= 0.3 is 0 Å². The lowest BCUT2D eigenvalue weighted by atomic mass is 9.51. The molecule has 4 aromatic carbocycles. The van der Waals surface area contributed by atoms with Crippen molar-refractivity contribution in [3.63, 3.8) is 0 Å². The molecule has 10 rings (SSSR count). The largest absolute Gasteiger partial charge is 0.255 e. The van der Waals surface area contributed by atoms with E-state index in [1.54, 1.807) is 11.1 Å². The summed E-state index contributed by atoms with van der Waals surface area (Å²) < 4.78 is 0. The predicted octanol–water partition coefficient (Wildman–Crippen LogP) is 8.72. The van der Waals surface area contributed by atoms with Crippen molar-refractivity contribution in [3.8, 4) is 22.3 Å². The second-order valence-electron chi connectivity index (χ2n) is 10.7. The molecule has 1 aromatic heterocycles. The number of hydrogen-bond acceptors (Lipinski definition) is 1. The summed E-state index contributed by atoms with van der Waals surface area (Å²) in [4.78, 5) is 5.12. The van der Waals surface area contributed by atoms with Crippen molar-refractivity contribution in [1.29, 1.82) is 0 Å². The molecule has 1 heteroatoms. The minimum Gasteiger partial charge on any atom is -0.255 e. The highest BCUT2D eigenvalue weighted by atomic mass is 14.7. The molecule has 1 nitrogen and oxygen atoms in total. The Balaban J connectivity index is 1.32. The summed E-state index contributed by atoms with van der Waals surface area (Å²) in [5.74, 6) is 3.33. The number of aromatic nitrogens is 1. The van der Waals surface area contributed by atoms with Gasteiger partial charge in [-0.1, -0.05) is 78.9 Å². The fourth-order valence-corrected chi connectivity index (χ4v) is 7.68. The van der Waals surface area contributed by atoms with Crippen LogP contribution in [0.5, 0.6) is 0 Å². The van der Waals surface area contributed by atoms with Crippen LogP contribution in [0.2, 0.25) is 0 Å². The lowest BCUT2D eigenvalue weighted by molar-refractivity contribution is 0.0969. The molecule has 5 aliphatic rings. The summed E-state index contributed by atoms with van der Waals surface area (Å²) in [6, 6.07) is 31.1. The zero-order valence-electron chi connectivity index (χ0n) is 19.2. The van der Waals surface area contributed by atoms with Crippen molar-refractivity contribution in [2.75, 3.05) is 0 Å². The van der Waals surface area contributed by atoms with Crippen molar-refractivity contribution in [2.45, 2.75) is 37.5 Å². The normalized spacial score (nSPS) is 24.6. The molecular weight excluding hydrogens is 410 g/mol. The fraction of sp³-hybridized carbons (Fsp3) is 0.242. The molecule has 0 N–H and O–H groups in total. The summed E-state index contributed by atoms with van der Waals surface area (Å²) in [5.41, 5.74) is 9.50. The monoisotopic (exact) mass is 437 g/mol. The Morgan fingerprint density at radius 3 is 2.18 bits per heavy atom. The van der Waals surface area contributed by atoms with Gasteiger partial charge in [-0.25, -0.2) is 0 Å². The third kappa shape index (κ3) is 2.59. The number of pyridine rings is 1. The third-order valence-electron chi connectivity index (χ3n) is 9.18. The molecular formula is C33H27N. The minimum atomic E-state index is 0.757. The average molecular weight is 438 g/mol. The van der Waals surface area contributed by atoms with E-state index in [0.29, 0.717) is 0 Å². The van der Waals surface area contributed by atoms with Crippen LogP contribution in [0.3, 0.4) is 0 Å². The van der Waals surface area contributed by atoms with E-state index in [2.05, 4.69) is 91.1 Å². The summed E-state index contributed by atoms with van der Waals surface area (Å²) in [7, 11) is 0. The Labute approximate surface area is 200 Å². The molecule has 0 amide bonds. The summed E-state index contributed by atoms with van der Waals surface area (Å²) in [6.07, 6.45) is 7.94. The molecule has 3 saturated carbocycles. The topological polar surface area (TPSA) is 12.9 Å².